The van der Waals surface area contributed by atoms with Gasteiger partial charge in [-0.25, -0.2) is 0 Å². The number of aliphatic hydroxyl groups is 1. The van der Waals surface area contributed by atoms with Gasteiger partial charge in [0, 0.05) is 0 Å². The third-order valence-electron chi connectivity index (χ3n) is 0.121. The molecule has 6 heavy (non-hydrogen) atoms. The molecule has 0 radical (unpaired) electrons. The topological polar surface area (TPSA) is 57.5 Å². The van der Waals surface area contributed by atoms with Crippen molar-refractivity contribution in [2.75, 3.05) is 6.35 Å². The summed E-state index contributed by atoms with van der Waals surface area (Å²) in [6.45, 7) is 0. The molecule has 0 aromatic heterocycles. The Hall–Kier alpha value is 1.28. The van der Waals surface area contributed by atoms with Crippen molar-refractivity contribution >= 4 is 45.8 Å². The van der Waals surface area contributed by atoms with Crippen LogP contribution >= 0.6 is 8.03 Å². The molecule has 3 nitrogen and oxygen atoms in total. The molecular formula is CH6CaO3P+. The zero-order valence-electron chi connectivity index (χ0n) is 5.16. The maximum Gasteiger partial charge on any atom is 2.00 e. The van der Waals surface area contributed by atoms with E-state index in [1.807, 2.05) is 0 Å². The molecule has 34 valence electrons. The van der Waals surface area contributed by atoms with Gasteiger partial charge in [-0.1, -0.05) is 0 Å². The van der Waals surface area contributed by atoms with Crippen molar-refractivity contribution < 1.29 is 17.4 Å². The Bertz CT molecular complexity index is 52.5. The smallest absolute Gasteiger partial charge is 1.00 e. The largest absolute Gasteiger partial charge is 2.00 e. The van der Waals surface area contributed by atoms with Crippen molar-refractivity contribution in [1.29, 1.82) is 0 Å². The SMILES string of the molecule is O=[P+](O)CO.[Ca+2].[H-].[H-]. The predicted molar refractivity (Wildman–Crippen MR) is 24.9 cm³/mol. The van der Waals surface area contributed by atoms with E-state index >= 15 is 0 Å². The van der Waals surface area contributed by atoms with Gasteiger partial charge in [0.2, 0.25) is 0 Å². The van der Waals surface area contributed by atoms with Crippen molar-refractivity contribution in [3.8, 4) is 0 Å². The molecular weight excluding hydrogens is 131 g/mol. The van der Waals surface area contributed by atoms with Crippen LogP contribution in [0.1, 0.15) is 2.85 Å². The molecule has 0 aromatic carbocycles. The molecule has 0 saturated heterocycles. The van der Waals surface area contributed by atoms with Crippen molar-refractivity contribution in [1.82, 2.24) is 0 Å². The summed E-state index contributed by atoms with van der Waals surface area (Å²) in [7, 11) is -2.29. The van der Waals surface area contributed by atoms with Crippen LogP contribution in [-0.2, 0) is 4.57 Å². The third kappa shape index (κ3) is 8.99. The van der Waals surface area contributed by atoms with Gasteiger partial charge in [0.05, 0.1) is 0 Å². The summed E-state index contributed by atoms with van der Waals surface area (Å²) < 4.78 is 9.27. The Morgan fingerprint density at radius 3 is 2.00 bits per heavy atom. The molecule has 0 spiro atoms. The molecule has 2 N–H and O–H groups in total. The summed E-state index contributed by atoms with van der Waals surface area (Å²) in [4.78, 5) is 7.62. The van der Waals surface area contributed by atoms with E-state index in [0.29, 0.717) is 0 Å². The first-order valence-corrected chi connectivity index (χ1v) is 2.41. The maximum absolute atomic E-state index is 9.27. The fraction of sp³-hybridized carbons (Fsp3) is 1.00. The van der Waals surface area contributed by atoms with Crippen LogP contribution in [0.2, 0.25) is 0 Å². The Morgan fingerprint density at radius 1 is 1.83 bits per heavy atom. The summed E-state index contributed by atoms with van der Waals surface area (Å²) in [6, 6.07) is 0. The van der Waals surface area contributed by atoms with E-state index < -0.39 is 14.4 Å². The molecule has 0 bridgehead atoms. The van der Waals surface area contributed by atoms with E-state index in [1.165, 1.54) is 0 Å². The quantitative estimate of drug-likeness (QED) is 0.379. The van der Waals surface area contributed by atoms with Gasteiger partial charge in [-0.3, -0.25) is 0 Å². The van der Waals surface area contributed by atoms with Gasteiger partial charge in [-0.05, 0) is 4.57 Å². The first kappa shape index (κ1) is 10.3. The summed E-state index contributed by atoms with van der Waals surface area (Å²) in [5.74, 6) is 0. The number of rotatable bonds is 1. The van der Waals surface area contributed by atoms with Gasteiger partial charge in [0.25, 0.3) is 6.35 Å². The summed E-state index contributed by atoms with van der Waals surface area (Å²) in [5, 5.41) is 7.61. The predicted octanol–water partition coefficient (Wildman–Crippen LogP) is -0.485. The average Bonchev–Trinajstić information content (AvgIpc) is 1.38. The van der Waals surface area contributed by atoms with Crippen LogP contribution in [0.3, 0.4) is 0 Å². The van der Waals surface area contributed by atoms with Crippen LogP contribution in [0.5, 0.6) is 0 Å². The molecule has 0 rings (SSSR count). The van der Waals surface area contributed by atoms with Crippen LogP contribution < -0.4 is 0 Å². The van der Waals surface area contributed by atoms with Gasteiger partial charge < -0.3 is 7.96 Å². The van der Waals surface area contributed by atoms with E-state index in [9.17, 15) is 4.57 Å². The van der Waals surface area contributed by atoms with Crippen molar-refractivity contribution in [2.45, 2.75) is 0 Å². The minimum atomic E-state index is -2.29. The van der Waals surface area contributed by atoms with Crippen LogP contribution in [0.15, 0.2) is 0 Å². The Labute approximate surface area is 69.2 Å². The molecule has 0 aliphatic rings. The van der Waals surface area contributed by atoms with Crippen LogP contribution in [0, 0.1) is 0 Å². The first-order valence-electron chi connectivity index (χ1n) is 1.02. The van der Waals surface area contributed by atoms with E-state index in [4.69, 9.17) is 10.00 Å². The molecule has 1 unspecified atom stereocenters. The second-order valence-electron chi connectivity index (χ2n) is 0.494. The fourth-order valence-corrected chi connectivity index (χ4v) is 0. The minimum absolute atomic E-state index is 0. The Balaban J connectivity index is -0.0000000267. The van der Waals surface area contributed by atoms with E-state index in [1.54, 1.807) is 0 Å². The zero-order valence-corrected chi connectivity index (χ0v) is 6.27. The summed E-state index contributed by atoms with van der Waals surface area (Å²) in [6.07, 6.45) is -0.630. The van der Waals surface area contributed by atoms with Crippen LogP contribution in [0.25, 0.3) is 0 Å². The molecule has 0 fully saturated rings. The standard InChI is InChI=1S/CH3O3P.Ca.2H/c2-1-5(3)4;;;/h2H,1H2;;;/q;+2;2*-1/p+1. The second kappa shape index (κ2) is 6.28. The van der Waals surface area contributed by atoms with Gasteiger partial charge in [0.1, 0.15) is 0 Å². The monoisotopic (exact) mass is 137 g/mol. The van der Waals surface area contributed by atoms with E-state index in [0.717, 1.165) is 0 Å². The fourth-order valence-electron chi connectivity index (χ4n) is 0. The Kier molecular flexibility index (Phi) is 10.8. The molecule has 0 amide bonds. The number of hydrogen-bond acceptors (Lipinski definition) is 2. The second-order valence-corrected chi connectivity index (χ2v) is 1.48. The van der Waals surface area contributed by atoms with Crippen LogP contribution in [-0.4, -0.2) is 54.1 Å². The molecule has 0 heterocycles. The van der Waals surface area contributed by atoms with Gasteiger partial charge in [0.15, 0.2) is 0 Å². The number of aliphatic hydroxyl groups excluding tert-OH is 1. The van der Waals surface area contributed by atoms with Crippen molar-refractivity contribution in [2.24, 2.45) is 0 Å². The van der Waals surface area contributed by atoms with Gasteiger partial charge >= 0.3 is 45.8 Å². The van der Waals surface area contributed by atoms with Gasteiger partial charge in [-0.15, -0.1) is 0 Å². The normalized spacial score (nSPS) is 9.33. The third-order valence-corrected chi connectivity index (χ3v) is 0.363. The molecule has 0 saturated carbocycles. The molecule has 0 aromatic rings. The summed E-state index contributed by atoms with van der Waals surface area (Å²) in [5.41, 5.74) is 0. The minimum Gasteiger partial charge on any atom is -1.00 e. The average molecular weight is 137 g/mol. The molecule has 0 aliphatic heterocycles. The first-order chi connectivity index (χ1) is 2.27. The Morgan fingerprint density at radius 2 is 2.00 bits per heavy atom. The van der Waals surface area contributed by atoms with E-state index in [-0.39, 0.29) is 40.6 Å². The zero-order chi connectivity index (χ0) is 4.28. The van der Waals surface area contributed by atoms with Crippen molar-refractivity contribution in [3.63, 3.8) is 0 Å². The molecule has 5 heteroatoms. The number of hydrogen-bond donors (Lipinski definition) is 2. The molecule has 0 aliphatic carbocycles. The van der Waals surface area contributed by atoms with Crippen molar-refractivity contribution in [3.05, 3.63) is 0 Å². The van der Waals surface area contributed by atoms with Crippen LogP contribution in [0.4, 0.5) is 0 Å². The maximum atomic E-state index is 9.27. The molecule has 1 atom stereocenters. The summed E-state index contributed by atoms with van der Waals surface area (Å²) >= 11 is 0. The van der Waals surface area contributed by atoms with E-state index in [2.05, 4.69) is 0 Å². The van der Waals surface area contributed by atoms with Gasteiger partial charge in [-0.2, -0.15) is 4.89 Å².